The van der Waals surface area contributed by atoms with Gasteiger partial charge in [0.2, 0.25) is 5.91 Å². The Balaban J connectivity index is 1.89. The van der Waals surface area contributed by atoms with E-state index in [1.165, 1.54) is 11.3 Å². The third kappa shape index (κ3) is 2.93. The molecule has 0 unspecified atom stereocenters. The predicted octanol–water partition coefficient (Wildman–Crippen LogP) is 1.40. The number of aryl methyl sites for hydroxylation is 2. The molecule has 0 aliphatic rings. The largest absolute Gasteiger partial charge is 0.300 e. The Morgan fingerprint density at radius 3 is 2.61 bits per heavy atom. The minimum absolute atomic E-state index is 0.281. The molecule has 0 fully saturated rings. The fraction of sp³-hybridized carbons (Fsp3) is 0.200. The lowest BCUT2D eigenvalue weighted by Gasteiger charge is -2.06. The van der Waals surface area contributed by atoms with E-state index in [-0.39, 0.29) is 11.9 Å². The van der Waals surface area contributed by atoms with Crippen molar-refractivity contribution in [3.8, 4) is 0 Å². The van der Waals surface area contributed by atoms with Gasteiger partial charge in [-0.05, 0) is 26.0 Å². The number of hydrogen-bond donors (Lipinski definition) is 2. The Morgan fingerprint density at radius 1 is 1.26 bits per heavy atom. The molecule has 1 amide bonds. The zero-order chi connectivity index (χ0) is 16.6. The summed E-state index contributed by atoms with van der Waals surface area (Å²) in [6, 6.07) is 6.49. The second kappa shape index (κ2) is 5.81. The van der Waals surface area contributed by atoms with E-state index in [9.17, 15) is 14.4 Å². The van der Waals surface area contributed by atoms with Gasteiger partial charge >= 0.3 is 0 Å². The molecule has 3 aromatic rings. The van der Waals surface area contributed by atoms with Gasteiger partial charge in [-0.2, -0.15) is 0 Å². The molecule has 0 bridgehead atoms. The normalized spacial score (nSPS) is 10.9. The van der Waals surface area contributed by atoms with Crippen LogP contribution in [0.3, 0.4) is 0 Å². The molecule has 2 heterocycles. The summed E-state index contributed by atoms with van der Waals surface area (Å²) in [4.78, 5) is 41.6. The van der Waals surface area contributed by atoms with E-state index < -0.39 is 17.0 Å². The van der Waals surface area contributed by atoms with E-state index in [0.29, 0.717) is 10.5 Å². The first-order chi connectivity index (χ1) is 11.0. The number of fused-ring (bicyclic) bond motifs is 1. The minimum Gasteiger partial charge on any atom is -0.300 e. The van der Waals surface area contributed by atoms with Crippen LogP contribution in [0.2, 0.25) is 0 Å². The molecule has 118 valence electrons. The van der Waals surface area contributed by atoms with E-state index in [1.807, 2.05) is 13.8 Å². The summed E-state index contributed by atoms with van der Waals surface area (Å²) in [5.74, 6) is -0.424. The lowest BCUT2D eigenvalue weighted by molar-refractivity contribution is -0.117. The number of anilines is 1. The van der Waals surface area contributed by atoms with Crippen molar-refractivity contribution < 1.29 is 4.79 Å². The van der Waals surface area contributed by atoms with Crippen molar-refractivity contribution in [2.75, 3.05) is 5.32 Å². The highest BCUT2D eigenvalue weighted by Gasteiger charge is 2.12. The number of thiazole rings is 1. The molecule has 0 aliphatic heterocycles. The maximum absolute atomic E-state index is 12.3. The van der Waals surface area contributed by atoms with Crippen LogP contribution >= 0.6 is 11.3 Å². The number of rotatable bonds is 3. The molecule has 8 heteroatoms. The summed E-state index contributed by atoms with van der Waals surface area (Å²) in [7, 11) is 0. The van der Waals surface area contributed by atoms with Gasteiger partial charge in [0.25, 0.3) is 11.1 Å². The van der Waals surface area contributed by atoms with Crippen molar-refractivity contribution in [2.24, 2.45) is 0 Å². The van der Waals surface area contributed by atoms with Gasteiger partial charge < -0.3 is 5.32 Å². The lowest BCUT2D eigenvalue weighted by atomic mass is 10.2. The number of aromatic amines is 1. The highest BCUT2D eigenvalue weighted by molar-refractivity contribution is 7.15. The second-order valence-electron chi connectivity index (χ2n) is 5.09. The second-order valence-corrected chi connectivity index (χ2v) is 6.29. The quantitative estimate of drug-likeness (QED) is 0.758. The summed E-state index contributed by atoms with van der Waals surface area (Å²) in [6.45, 7) is 3.48. The van der Waals surface area contributed by atoms with Crippen LogP contribution in [0.25, 0.3) is 10.8 Å². The van der Waals surface area contributed by atoms with Gasteiger partial charge in [-0.15, -0.1) is 11.3 Å². The van der Waals surface area contributed by atoms with E-state index in [0.717, 1.165) is 15.3 Å². The standard InChI is InChI=1S/C15H14N4O3S/c1-8-9(2)23-15(16-8)17-12(20)7-19-14(22)11-6-4-3-5-10(11)13(21)18-19/h3-6H,7H2,1-2H3,(H,18,21)(H,16,17,20). The zero-order valence-corrected chi connectivity index (χ0v) is 13.4. The Hall–Kier alpha value is -2.74. The van der Waals surface area contributed by atoms with Crippen molar-refractivity contribution >= 4 is 33.1 Å². The molecular weight excluding hydrogens is 316 g/mol. The van der Waals surface area contributed by atoms with Crippen LogP contribution in [0, 0.1) is 13.8 Å². The van der Waals surface area contributed by atoms with E-state index in [4.69, 9.17) is 0 Å². The number of amides is 1. The number of benzene rings is 1. The average Bonchev–Trinajstić information content (AvgIpc) is 2.82. The smallest absolute Gasteiger partial charge is 0.273 e. The first kappa shape index (κ1) is 15.2. The van der Waals surface area contributed by atoms with Gasteiger partial charge in [-0.3, -0.25) is 19.5 Å². The van der Waals surface area contributed by atoms with Crippen molar-refractivity contribution in [3.05, 3.63) is 55.5 Å². The summed E-state index contributed by atoms with van der Waals surface area (Å²) in [5, 5.41) is 6.12. The number of carbonyl (C=O) groups excluding carboxylic acids is 1. The summed E-state index contributed by atoms with van der Waals surface area (Å²) in [5.41, 5.74) is 0.0253. The SMILES string of the molecule is Cc1nc(NC(=O)Cn2[nH]c(=O)c3ccccc3c2=O)sc1C. The van der Waals surface area contributed by atoms with Crippen LogP contribution in [0.1, 0.15) is 10.6 Å². The molecule has 0 saturated carbocycles. The highest BCUT2D eigenvalue weighted by atomic mass is 32.1. The molecule has 0 atom stereocenters. The number of aromatic nitrogens is 3. The van der Waals surface area contributed by atoms with Crippen molar-refractivity contribution in [2.45, 2.75) is 20.4 Å². The zero-order valence-electron chi connectivity index (χ0n) is 12.5. The van der Waals surface area contributed by atoms with E-state index in [2.05, 4.69) is 15.4 Å². The van der Waals surface area contributed by atoms with Crippen molar-refractivity contribution in [1.29, 1.82) is 0 Å². The maximum atomic E-state index is 12.3. The minimum atomic E-state index is -0.424. The Labute approximate surface area is 134 Å². The fourth-order valence-electron chi connectivity index (χ4n) is 2.19. The van der Waals surface area contributed by atoms with Crippen LogP contribution in [-0.4, -0.2) is 20.7 Å². The number of nitrogens with zero attached hydrogens (tertiary/aromatic N) is 2. The molecule has 23 heavy (non-hydrogen) atoms. The summed E-state index contributed by atoms with van der Waals surface area (Å²) < 4.78 is 1.01. The highest BCUT2D eigenvalue weighted by Crippen LogP contribution is 2.20. The number of nitrogens with one attached hydrogen (secondary N) is 2. The molecular formula is C15H14N4O3S. The van der Waals surface area contributed by atoms with Gasteiger partial charge in [-0.25, -0.2) is 9.67 Å². The Morgan fingerprint density at radius 2 is 1.96 bits per heavy atom. The van der Waals surface area contributed by atoms with Crippen LogP contribution in [0.5, 0.6) is 0 Å². The van der Waals surface area contributed by atoms with Gasteiger partial charge in [-0.1, -0.05) is 12.1 Å². The number of hydrogen-bond acceptors (Lipinski definition) is 5. The molecule has 0 radical (unpaired) electrons. The third-order valence-corrected chi connectivity index (χ3v) is 4.45. The molecule has 0 saturated heterocycles. The topological polar surface area (TPSA) is 96.8 Å². The molecule has 2 N–H and O–H groups in total. The van der Waals surface area contributed by atoms with Crippen LogP contribution < -0.4 is 16.4 Å². The predicted molar refractivity (Wildman–Crippen MR) is 89.0 cm³/mol. The van der Waals surface area contributed by atoms with Crippen LogP contribution in [-0.2, 0) is 11.3 Å². The third-order valence-electron chi connectivity index (χ3n) is 3.46. The average molecular weight is 330 g/mol. The Bertz CT molecular complexity index is 996. The molecule has 0 spiro atoms. The number of carbonyl (C=O) groups is 1. The van der Waals surface area contributed by atoms with E-state index in [1.54, 1.807) is 24.3 Å². The van der Waals surface area contributed by atoms with Crippen LogP contribution in [0.15, 0.2) is 33.9 Å². The van der Waals surface area contributed by atoms with E-state index >= 15 is 0 Å². The van der Waals surface area contributed by atoms with Gasteiger partial charge in [0, 0.05) is 4.88 Å². The lowest BCUT2D eigenvalue weighted by Crippen LogP contribution is -2.34. The maximum Gasteiger partial charge on any atom is 0.273 e. The van der Waals surface area contributed by atoms with Crippen LogP contribution in [0.4, 0.5) is 5.13 Å². The monoisotopic (exact) mass is 330 g/mol. The first-order valence-electron chi connectivity index (χ1n) is 6.91. The molecule has 1 aromatic carbocycles. The summed E-state index contributed by atoms with van der Waals surface area (Å²) in [6.07, 6.45) is 0. The number of H-pyrrole nitrogens is 1. The molecule has 7 nitrogen and oxygen atoms in total. The van der Waals surface area contributed by atoms with Gasteiger partial charge in [0.1, 0.15) is 6.54 Å². The van der Waals surface area contributed by atoms with Gasteiger partial charge in [0.05, 0.1) is 16.5 Å². The summed E-state index contributed by atoms with van der Waals surface area (Å²) >= 11 is 1.36. The molecule has 2 aromatic heterocycles. The first-order valence-corrected chi connectivity index (χ1v) is 7.73. The Kier molecular flexibility index (Phi) is 3.83. The van der Waals surface area contributed by atoms with Crippen molar-refractivity contribution in [3.63, 3.8) is 0 Å². The fourth-order valence-corrected chi connectivity index (χ4v) is 3.02. The van der Waals surface area contributed by atoms with Crippen molar-refractivity contribution in [1.82, 2.24) is 14.8 Å². The molecule has 3 rings (SSSR count). The van der Waals surface area contributed by atoms with Gasteiger partial charge in [0.15, 0.2) is 5.13 Å². The molecule has 0 aliphatic carbocycles.